The minimum atomic E-state index is -0.179. The van der Waals surface area contributed by atoms with E-state index in [9.17, 15) is 0 Å². The SMILES string of the molecule is CC(C)C(Nc1cc(N)ccc1OCCO)c1n[nH]c(N)c1N. The van der Waals surface area contributed by atoms with Gasteiger partial charge in [-0.1, -0.05) is 13.8 Å². The predicted octanol–water partition coefficient (Wildman–Crippen LogP) is 1.34. The monoisotopic (exact) mass is 320 g/mol. The number of aromatic nitrogens is 2. The predicted molar refractivity (Wildman–Crippen MR) is 92.0 cm³/mol. The van der Waals surface area contributed by atoms with Crippen LogP contribution in [0.2, 0.25) is 0 Å². The lowest BCUT2D eigenvalue weighted by molar-refractivity contribution is 0.202. The Kier molecular flexibility index (Phi) is 5.17. The van der Waals surface area contributed by atoms with Gasteiger partial charge in [0.15, 0.2) is 0 Å². The first kappa shape index (κ1) is 16.8. The molecule has 0 aliphatic heterocycles. The fraction of sp³-hybridized carbons (Fsp3) is 0.400. The van der Waals surface area contributed by atoms with Gasteiger partial charge in [-0.15, -0.1) is 0 Å². The standard InChI is InChI=1S/C15H24N6O2/c1-8(2)13(14-12(17)15(18)21-20-14)19-10-7-9(16)3-4-11(10)23-6-5-22/h3-4,7-8,13,19,22H,5-6,16-17H2,1-2H3,(H3,18,20,21). The molecule has 1 aromatic heterocycles. The van der Waals surface area contributed by atoms with E-state index in [1.165, 1.54) is 0 Å². The summed E-state index contributed by atoms with van der Waals surface area (Å²) in [6.07, 6.45) is 0. The number of benzene rings is 1. The number of rotatable bonds is 7. The summed E-state index contributed by atoms with van der Waals surface area (Å²) < 4.78 is 5.54. The summed E-state index contributed by atoms with van der Waals surface area (Å²) in [5.74, 6) is 1.13. The third kappa shape index (κ3) is 3.78. The lowest BCUT2D eigenvalue weighted by atomic mass is 9.99. The minimum absolute atomic E-state index is 0.0692. The first-order chi connectivity index (χ1) is 10.9. The molecule has 0 amide bonds. The highest BCUT2D eigenvalue weighted by Crippen LogP contribution is 2.35. The molecular weight excluding hydrogens is 296 g/mol. The van der Waals surface area contributed by atoms with E-state index >= 15 is 0 Å². The average molecular weight is 320 g/mol. The smallest absolute Gasteiger partial charge is 0.142 e. The summed E-state index contributed by atoms with van der Waals surface area (Å²) in [5.41, 5.74) is 20.0. The van der Waals surface area contributed by atoms with Crippen molar-refractivity contribution in [2.24, 2.45) is 5.92 Å². The molecule has 0 radical (unpaired) electrons. The molecule has 0 saturated carbocycles. The van der Waals surface area contributed by atoms with Crippen molar-refractivity contribution in [3.8, 4) is 5.75 Å². The Morgan fingerprint density at radius 3 is 2.61 bits per heavy atom. The third-order valence-corrected chi connectivity index (χ3v) is 3.49. The number of aliphatic hydroxyl groups excluding tert-OH is 1. The van der Waals surface area contributed by atoms with Gasteiger partial charge in [0.2, 0.25) is 0 Å². The molecule has 1 unspecified atom stereocenters. The molecule has 0 saturated heterocycles. The van der Waals surface area contributed by atoms with Gasteiger partial charge in [0.25, 0.3) is 0 Å². The minimum Gasteiger partial charge on any atom is -0.489 e. The van der Waals surface area contributed by atoms with Crippen LogP contribution in [0.1, 0.15) is 25.6 Å². The Morgan fingerprint density at radius 1 is 1.30 bits per heavy atom. The van der Waals surface area contributed by atoms with E-state index in [1.54, 1.807) is 18.2 Å². The van der Waals surface area contributed by atoms with Crippen molar-refractivity contribution in [1.82, 2.24) is 10.2 Å². The number of hydrogen-bond donors (Lipinski definition) is 6. The van der Waals surface area contributed by atoms with Gasteiger partial charge < -0.3 is 32.4 Å². The lowest BCUT2D eigenvalue weighted by Gasteiger charge is -2.24. The Bertz CT molecular complexity index is 655. The fourth-order valence-electron chi connectivity index (χ4n) is 2.28. The number of anilines is 4. The number of ether oxygens (including phenoxy) is 1. The zero-order valence-corrected chi connectivity index (χ0v) is 13.3. The van der Waals surface area contributed by atoms with E-state index in [-0.39, 0.29) is 25.2 Å². The Hall–Kier alpha value is -2.61. The van der Waals surface area contributed by atoms with E-state index in [0.29, 0.717) is 34.3 Å². The molecule has 2 rings (SSSR count). The van der Waals surface area contributed by atoms with Crippen LogP contribution in [0.5, 0.6) is 5.75 Å². The maximum atomic E-state index is 8.95. The summed E-state index contributed by atoms with van der Waals surface area (Å²) in [7, 11) is 0. The van der Waals surface area contributed by atoms with Crippen LogP contribution in [0.3, 0.4) is 0 Å². The average Bonchev–Trinajstić information content (AvgIpc) is 2.83. The van der Waals surface area contributed by atoms with Crippen molar-refractivity contribution in [2.75, 3.05) is 35.7 Å². The van der Waals surface area contributed by atoms with Crippen LogP contribution in [0.15, 0.2) is 18.2 Å². The first-order valence-electron chi connectivity index (χ1n) is 7.43. The second kappa shape index (κ2) is 7.10. The molecule has 1 heterocycles. The number of nitrogen functional groups attached to an aromatic ring is 3. The largest absolute Gasteiger partial charge is 0.489 e. The molecule has 8 heteroatoms. The van der Waals surface area contributed by atoms with Crippen molar-refractivity contribution in [3.63, 3.8) is 0 Å². The van der Waals surface area contributed by atoms with E-state index < -0.39 is 0 Å². The summed E-state index contributed by atoms with van der Waals surface area (Å²) in [5, 5.41) is 19.2. The molecule has 2 aromatic rings. The molecule has 0 aliphatic rings. The van der Waals surface area contributed by atoms with Crippen LogP contribution in [-0.4, -0.2) is 28.5 Å². The Labute approximate surface area is 135 Å². The maximum absolute atomic E-state index is 8.95. The van der Waals surface area contributed by atoms with Crippen LogP contribution in [0, 0.1) is 5.92 Å². The van der Waals surface area contributed by atoms with Crippen molar-refractivity contribution in [2.45, 2.75) is 19.9 Å². The molecule has 1 atom stereocenters. The number of aliphatic hydroxyl groups is 1. The Morgan fingerprint density at radius 2 is 2.04 bits per heavy atom. The quantitative estimate of drug-likeness (QED) is 0.421. The molecule has 9 N–H and O–H groups in total. The van der Waals surface area contributed by atoms with E-state index in [1.807, 2.05) is 13.8 Å². The van der Waals surface area contributed by atoms with Gasteiger partial charge >= 0.3 is 0 Å². The normalized spacial score (nSPS) is 12.3. The number of nitrogens with one attached hydrogen (secondary N) is 2. The van der Waals surface area contributed by atoms with Crippen molar-refractivity contribution >= 4 is 22.9 Å². The molecule has 0 aliphatic carbocycles. The van der Waals surface area contributed by atoms with Crippen LogP contribution in [0.25, 0.3) is 0 Å². The summed E-state index contributed by atoms with van der Waals surface area (Å²) in [6, 6.07) is 5.09. The Balaban J connectivity index is 2.33. The first-order valence-corrected chi connectivity index (χ1v) is 7.43. The molecular formula is C15H24N6O2. The van der Waals surface area contributed by atoms with Gasteiger partial charge in [-0.05, 0) is 24.1 Å². The zero-order chi connectivity index (χ0) is 17.0. The van der Waals surface area contributed by atoms with Crippen molar-refractivity contribution in [1.29, 1.82) is 0 Å². The number of nitrogens with zero attached hydrogens (tertiary/aromatic N) is 1. The van der Waals surface area contributed by atoms with Gasteiger partial charge in [0.05, 0.1) is 24.0 Å². The topological polar surface area (TPSA) is 148 Å². The van der Waals surface area contributed by atoms with Gasteiger partial charge in [0.1, 0.15) is 23.9 Å². The van der Waals surface area contributed by atoms with Gasteiger partial charge in [-0.2, -0.15) is 5.10 Å². The molecule has 0 spiro atoms. The van der Waals surface area contributed by atoms with Crippen LogP contribution >= 0.6 is 0 Å². The second-order valence-electron chi connectivity index (χ2n) is 5.63. The number of H-pyrrole nitrogens is 1. The number of nitrogens with two attached hydrogens (primary N) is 3. The lowest BCUT2D eigenvalue weighted by Crippen LogP contribution is -2.19. The highest BCUT2D eigenvalue weighted by Gasteiger charge is 2.23. The summed E-state index contributed by atoms with van der Waals surface area (Å²) >= 11 is 0. The molecule has 1 aromatic carbocycles. The molecule has 0 fully saturated rings. The number of aromatic amines is 1. The van der Waals surface area contributed by atoms with Crippen molar-refractivity contribution < 1.29 is 9.84 Å². The third-order valence-electron chi connectivity index (χ3n) is 3.49. The molecule has 23 heavy (non-hydrogen) atoms. The molecule has 0 bridgehead atoms. The highest BCUT2D eigenvalue weighted by atomic mass is 16.5. The second-order valence-corrected chi connectivity index (χ2v) is 5.63. The van der Waals surface area contributed by atoms with Crippen LogP contribution in [0.4, 0.5) is 22.9 Å². The van der Waals surface area contributed by atoms with E-state index in [2.05, 4.69) is 15.5 Å². The van der Waals surface area contributed by atoms with Gasteiger partial charge in [-0.25, -0.2) is 0 Å². The van der Waals surface area contributed by atoms with E-state index in [0.717, 1.165) is 0 Å². The summed E-state index contributed by atoms with van der Waals surface area (Å²) in [4.78, 5) is 0. The maximum Gasteiger partial charge on any atom is 0.142 e. The summed E-state index contributed by atoms with van der Waals surface area (Å²) in [6.45, 7) is 4.22. The fourth-order valence-corrected chi connectivity index (χ4v) is 2.28. The van der Waals surface area contributed by atoms with Crippen LogP contribution < -0.4 is 27.3 Å². The number of hydrogen-bond acceptors (Lipinski definition) is 7. The highest BCUT2D eigenvalue weighted by molar-refractivity contribution is 5.67. The van der Waals surface area contributed by atoms with Crippen molar-refractivity contribution in [3.05, 3.63) is 23.9 Å². The molecule has 126 valence electrons. The zero-order valence-electron chi connectivity index (χ0n) is 13.3. The van der Waals surface area contributed by atoms with E-state index in [4.69, 9.17) is 27.0 Å². The van der Waals surface area contributed by atoms with Gasteiger partial charge in [0, 0.05) is 5.69 Å². The van der Waals surface area contributed by atoms with Crippen LogP contribution in [-0.2, 0) is 0 Å². The molecule has 8 nitrogen and oxygen atoms in total. The van der Waals surface area contributed by atoms with Gasteiger partial charge in [-0.3, -0.25) is 5.10 Å².